The highest BCUT2D eigenvalue weighted by Gasteiger charge is 2.29. The molecule has 5 nitrogen and oxygen atoms in total. The molecule has 0 aromatic rings. The zero-order valence-corrected chi connectivity index (χ0v) is 13.2. The highest BCUT2D eigenvalue weighted by molar-refractivity contribution is 5.79. The average molecular weight is 282 g/mol. The van der Waals surface area contributed by atoms with E-state index in [4.69, 9.17) is 9.73 Å². The Labute approximate surface area is 123 Å². The number of rotatable bonds is 5. The monoisotopic (exact) mass is 282 g/mol. The van der Waals surface area contributed by atoms with E-state index < -0.39 is 0 Å². The van der Waals surface area contributed by atoms with Crippen LogP contribution in [-0.2, 0) is 4.74 Å². The normalized spacial score (nSPS) is 31.8. The van der Waals surface area contributed by atoms with E-state index in [-0.39, 0.29) is 5.60 Å². The van der Waals surface area contributed by atoms with E-state index in [0.717, 1.165) is 51.0 Å². The van der Waals surface area contributed by atoms with E-state index in [1.165, 1.54) is 19.5 Å². The Bertz CT molecular complexity index is 326. The van der Waals surface area contributed by atoms with Crippen molar-refractivity contribution in [3.8, 4) is 0 Å². The molecule has 0 amide bonds. The molecular formula is C15H30N4O. The minimum atomic E-state index is -0.0596. The van der Waals surface area contributed by atoms with Crippen LogP contribution < -0.4 is 10.6 Å². The predicted molar refractivity (Wildman–Crippen MR) is 83.2 cm³/mol. The number of aliphatic imine (C=N–C) groups is 1. The molecule has 0 radical (unpaired) electrons. The fourth-order valence-corrected chi connectivity index (χ4v) is 2.98. The number of nitrogens with one attached hydrogen (secondary N) is 2. The third kappa shape index (κ3) is 4.63. The molecule has 116 valence electrons. The van der Waals surface area contributed by atoms with Gasteiger partial charge in [-0.15, -0.1) is 0 Å². The first-order valence-corrected chi connectivity index (χ1v) is 7.96. The Morgan fingerprint density at radius 1 is 1.45 bits per heavy atom. The Morgan fingerprint density at radius 3 is 2.90 bits per heavy atom. The Hall–Kier alpha value is -0.810. The number of ether oxygens (including phenoxy) is 1. The van der Waals surface area contributed by atoms with Crippen molar-refractivity contribution in [3.05, 3.63) is 0 Å². The van der Waals surface area contributed by atoms with Gasteiger partial charge in [0.1, 0.15) is 0 Å². The minimum absolute atomic E-state index is 0.0596. The summed E-state index contributed by atoms with van der Waals surface area (Å²) >= 11 is 0. The van der Waals surface area contributed by atoms with Crippen molar-refractivity contribution in [2.75, 3.05) is 46.4 Å². The van der Waals surface area contributed by atoms with Crippen molar-refractivity contribution in [2.24, 2.45) is 10.9 Å². The van der Waals surface area contributed by atoms with Gasteiger partial charge in [0.05, 0.1) is 12.1 Å². The molecule has 2 aliphatic heterocycles. The van der Waals surface area contributed by atoms with Crippen molar-refractivity contribution in [2.45, 2.75) is 38.7 Å². The molecule has 2 rings (SSSR count). The summed E-state index contributed by atoms with van der Waals surface area (Å²) < 4.78 is 5.79. The molecule has 0 aliphatic carbocycles. The highest BCUT2D eigenvalue weighted by Crippen LogP contribution is 2.25. The summed E-state index contributed by atoms with van der Waals surface area (Å²) in [5, 5.41) is 6.81. The van der Waals surface area contributed by atoms with Crippen molar-refractivity contribution < 1.29 is 4.74 Å². The molecular weight excluding hydrogens is 252 g/mol. The van der Waals surface area contributed by atoms with Gasteiger partial charge >= 0.3 is 0 Å². The van der Waals surface area contributed by atoms with Gasteiger partial charge in [0.25, 0.3) is 0 Å². The predicted octanol–water partition coefficient (Wildman–Crippen LogP) is 1.06. The molecule has 2 fully saturated rings. The lowest BCUT2D eigenvalue weighted by Gasteiger charge is -2.22. The molecule has 0 spiro atoms. The molecule has 20 heavy (non-hydrogen) atoms. The highest BCUT2D eigenvalue weighted by atomic mass is 16.5. The summed E-state index contributed by atoms with van der Waals surface area (Å²) in [7, 11) is 2.19. The molecule has 0 saturated carbocycles. The standard InChI is InChI=1S/C15H30N4O/c1-4-16-14(17-10-13-6-8-19(3)11-13)18-12-15(2)7-5-9-20-15/h13H,4-12H2,1-3H3,(H2,16,17,18). The van der Waals surface area contributed by atoms with Crippen LogP contribution in [0.5, 0.6) is 0 Å². The molecule has 2 heterocycles. The maximum absolute atomic E-state index is 5.79. The van der Waals surface area contributed by atoms with Crippen LogP contribution in [0.2, 0.25) is 0 Å². The lowest BCUT2D eigenvalue weighted by Crippen LogP contribution is -2.41. The summed E-state index contributed by atoms with van der Waals surface area (Å²) in [6.45, 7) is 10.2. The molecule has 2 aliphatic rings. The number of hydrogen-bond acceptors (Lipinski definition) is 3. The molecule has 0 aromatic carbocycles. The van der Waals surface area contributed by atoms with Crippen LogP contribution in [0, 0.1) is 5.92 Å². The maximum Gasteiger partial charge on any atom is 0.191 e. The zero-order valence-electron chi connectivity index (χ0n) is 13.2. The van der Waals surface area contributed by atoms with Gasteiger partial charge in [0.2, 0.25) is 0 Å². The van der Waals surface area contributed by atoms with Crippen LogP contribution in [0.3, 0.4) is 0 Å². The lowest BCUT2D eigenvalue weighted by molar-refractivity contribution is 0.0283. The summed E-state index contributed by atoms with van der Waals surface area (Å²) in [4.78, 5) is 7.10. The van der Waals surface area contributed by atoms with Gasteiger partial charge in [-0.25, -0.2) is 0 Å². The first kappa shape index (κ1) is 15.6. The van der Waals surface area contributed by atoms with E-state index in [1.807, 2.05) is 0 Å². The maximum atomic E-state index is 5.79. The van der Waals surface area contributed by atoms with Gasteiger partial charge in [-0.1, -0.05) is 0 Å². The number of hydrogen-bond donors (Lipinski definition) is 2. The van der Waals surface area contributed by atoms with E-state index in [0.29, 0.717) is 0 Å². The molecule has 0 aromatic heterocycles. The quantitative estimate of drug-likeness (QED) is 0.585. The number of nitrogens with zero attached hydrogens (tertiary/aromatic N) is 2. The summed E-state index contributed by atoms with van der Waals surface area (Å²) in [6, 6.07) is 0. The van der Waals surface area contributed by atoms with Crippen LogP contribution in [0.4, 0.5) is 0 Å². The van der Waals surface area contributed by atoms with E-state index in [2.05, 4.69) is 36.4 Å². The van der Waals surface area contributed by atoms with Gasteiger partial charge in [-0.05, 0) is 52.6 Å². The minimum Gasteiger partial charge on any atom is -0.373 e. The summed E-state index contributed by atoms with van der Waals surface area (Å²) in [5.74, 6) is 1.67. The van der Waals surface area contributed by atoms with Gasteiger partial charge in [-0.2, -0.15) is 0 Å². The SMILES string of the molecule is CCNC(=NCC1(C)CCCO1)NCC1CCN(C)C1. The van der Waals surface area contributed by atoms with Crippen molar-refractivity contribution in [3.63, 3.8) is 0 Å². The van der Waals surface area contributed by atoms with E-state index >= 15 is 0 Å². The van der Waals surface area contributed by atoms with Crippen LogP contribution in [-0.4, -0.2) is 62.8 Å². The number of likely N-dealkylation sites (tertiary alicyclic amines) is 1. The van der Waals surface area contributed by atoms with Crippen molar-refractivity contribution in [1.29, 1.82) is 0 Å². The Kier molecular flexibility index (Phi) is 5.66. The molecule has 2 saturated heterocycles. The third-order valence-corrected chi connectivity index (χ3v) is 4.26. The molecule has 2 N–H and O–H groups in total. The van der Waals surface area contributed by atoms with Gasteiger partial charge < -0.3 is 20.3 Å². The second-order valence-electron chi connectivity index (χ2n) is 6.39. The molecule has 2 unspecified atom stereocenters. The first-order chi connectivity index (χ1) is 9.61. The van der Waals surface area contributed by atoms with Crippen LogP contribution in [0.1, 0.15) is 33.1 Å². The van der Waals surface area contributed by atoms with Crippen molar-refractivity contribution >= 4 is 5.96 Å². The topological polar surface area (TPSA) is 48.9 Å². The molecule has 0 bridgehead atoms. The smallest absolute Gasteiger partial charge is 0.191 e. The molecule has 2 atom stereocenters. The third-order valence-electron chi connectivity index (χ3n) is 4.26. The first-order valence-electron chi connectivity index (χ1n) is 7.96. The van der Waals surface area contributed by atoms with E-state index in [9.17, 15) is 0 Å². The van der Waals surface area contributed by atoms with E-state index in [1.54, 1.807) is 0 Å². The van der Waals surface area contributed by atoms with Gasteiger partial charge in [-0.3, -0.25) is 4.99 Å². The Morgan fingerprint density at radius 2 is 2.30 bits per heavy atom. The molecule has 5 heteroatoms. The fraction of sp³-hybridized carbons (Fsp3) is 0.933. The van der Waals surface area contributed by atoms with Gasteiger partial charge in [0, 0.05) is 26.2 Å². The van der Waals surface area contributed by atoms with Gasteiger partial charge in [0.15, 0.2) is 5.96 Å². The van der Waals surface area contributed by atoms with Crippen molar-refractivity contribution in [1.82, 2.24) is 15.5 Å². The Balaban J connectivity index is 1.79. The summed E-state index contributed by atoms with van der Waals surface area (Å²) in [5.41, 5.74) is -0.0596. The second-order valence-corrected chi connectivity index (χ2v) is 6.39. The largest absolute Gasteiger partial charge is 0.373 e. The van der Waals surface area contributed by atoms with Crippen LogP contribution in [0.25, 0.3) is 0 Å². The average Bonchev–Trinajstić information content (AvgIpc) is 3.03. The lowest BCUT2D eigenvalue weighted by atomic mass is 10.0. The second kappa shape index (κ2) is 7.27. The van der Waals surface area contributed by atoms with Crippen LogP contribution >= 0.6 is 0 Å². The summed E-state index contributed by atoms with van der Waals surface area (Å²) in [6.07, 6.45) is 3.55. The van der Waals surface area contributed by atoms with Crippen LogP contribution in [0.15, 0.2) is 4.99 Å². The fourth-order valence-electron chi connectivity index (χ4n) is 2.98. The number of guanidine groups is 1. The zero-order chi connectivity index (χ0) is 14.4.